The average Bonchev–Trinajstić information content (AvgIpc) is 3.26. The molecular formula is C20H27N3O3. The van der Waals surface area contributed by atoms with Crippen molar-refractivity contribution in [1.29, 1.82) is 0 Å². The fraction of sp³-hybridized carbons (Fsp3) is 0.600. The Hall–Kier alpha value is -1.92. The molecule has 1 aliphatic carbocycles. The van der Waals surface area contributed by atoms with Crippen molar-refractivity contribution >= 4 is 16.9 Å². The highest BCUT2D eigenvalue weighted by molar-refractivity contribution is 5.97. The van der Waals surface area contributed by atoms with Crippen LogP contribution < -0.4 is 0 Å². The maximum Gasteiger partial charge on any atom is 0.254 e. The summed E-state index contributed by atoms with van der Waals surface area (Å²) in [5.74, 6) is 0.707. The third kappa shape index (κ3) is 3.62. The Labute approximate surface area is 153 Å². The number of hydrogen-bond donors (Lipinski definition) is 1. The zero-order chi connectivity index (χ0) is 17.9. The van der Waals surface area contributed by atoms with Gasteiger partial charge < -0.3 is 19.3 Å². The predicted molar refractivity (Wildman–Crippen MR) is 99.0 cm³/mol. The maximum atomic E-state index is 13.2. The molecule has 1 atom stereocenters. The summed E-state index contributed by atoms with van der Waals surface area (Å²) in [5, 5.41) is 9.14. The third-order valence-corrected chi connectivity index (χ3v) is 5.65. The van der Waals surface area contributed by atoms with E-state index in [0.717, 1.165) is 37.0 Å². The number of nitrogens with zero attached hydrogens (tertiary/aromatic N) is 3. The number of carbonyl (C=O) groups excluding carboxylic acids is 1. The minimum Gasteiger partial charge on any atom is -0.395 e. The van der Waals surface area contributed by atoms with Gasteiger partial charge in [0.05, 0.1) is 30.1 Å². The number of imidazole rings is 1. The molecule has 2 aliphatic rings. The van der Waals surface area contributed by atoms with Crippen molar-refractivity contribution in [2.24, 2.45) is 5.92 Å². The Bertz CT molecular complexity index is 763. The number of fused-ring (bicyclic) bond motifs is 1. The van der Waals surface area contributed by atoms with Crippen LogP contribution in [0, 0.1) is 5.92 Å². The van der Waals surface area contributed by atoms with Gasteiger partial charge in [0, 0.05) is 31.8 Å². The van der Waals surface area contributed by atoms with Crippen molar-refractivity contribution in [3.8, 4) is 0 Å². The summed E-state index contributed by atoms with van der Waals surface area (Å²) in [4.78, 5) is 19.6. The molecule has 1 amide bonds. The van der Waals surface area contributed by atoms with Crippen LogP contribution in [0.1, 0.15) is 42.5 Å². The van der Waals surface area contributed by atoms with Crippen molar-refractivity contribution in [2.45, 2.75) is 44.8 Å². The molecule has 1 aromatic heterocycles. The first-order valence-electron chi connectivity index (χ1n) is 9.71. The number of amides is 1. The molecule has 4 rings (SSSR count). The number of benzene rings is 1. The van der Waals surface area contributed by atoms with Gasteiger partial charge in [-0.15, -0.1) is 0 Å². The standard InChI is InChI=1S/C20H27N3O3/c24-9-8-22-14-21-18-11-16(6-7-19(18)22)20(25)23(12-15-3-1-4-15)13-17-5-2-10-26-17/h6-7,11,14-15,17,24H,1-5,8-10,12-13H2/t17-/m1/s1. The Morgan fingerprint density at radius 2 is 2.15 bits per heavy atom. The molecule has 6 nitrogen and oxygen atoms in total. The second-order valence-corrected chi connectivity index (χ2v) is 7.51. The summed E-state index contributed by atoms with van der Waals surface area (Å²) < 4.78 is 7.67. The molecule has 2 heterocycles. The smallest absolute Gasteiger partial charge is 0.254 e. The van der Waals surface area contributed by atoms with E-state index in [4.69, 9.17) is 9.84 Å². The van der Waals surface area contributed by atoms with Crippen LogP contribution in [0.25, 0.3) is 11.0 Å². The van der Waals surface area contributed by atoms with Crippen molar-refractivity contribution in [2.75, 3.05) is 26.3 Å². The fourth-order valence-corrected chi connectivity index (χ4v) is 3.93. The minimum absolute atomic E-state index is 0.0721. The topological polar surface area (TPSA) is 67.6 Å². The van der Waals surface area contributed by atoms with E-state index in [1.165, 1.54) is 19.3 Å². The van der Waals surface area contributed by atoms with Gasteiger partial charge >= 0.3 is 0 Å². The highest BCUT2D eigenvalue weighted by Gasteiger charge is 2.28. The van der Waals surface area contributed by atoms with Crippen molar-refractivity contribution in [1.82, 2.24) is 14.5 Å². The number of aliphatic hydroxyl groups excluding tert-OH is 1. The van der Waals surface area contributed by atoms with E-state index in [1.807, 2.05) is 27.7 Å². The second-order valence-electron chi connectivity index (χ2n) is 7.51. The van der Waals surface area contributed by atoms with Crippen LogP contribution in [0.3, 0.4) is 0 Å². The highest BCUT2D eigenvalue weighted by Crippen LogP contribution is 2.28. The number of aliphatic hydroxyl groups is 1. The van der Waals surface area contributed by atoms with E-state index in [2.05, 4.69) is 4.98 Å². The number of rotatable bonds is 7. The lowest BCUT2D eigenvalue weighted by Crippen LogP contribution is -2.41. The molecule has 1 aromatic carbocycles. The first-order valence-corrected chi connectivity index (χ1v) is 9.71. The van der Waals surface area contributed by atoms with E-state index in [1.54, 1.807) is 6.33 Å². The second kappa shape index (κ2) is 7.76. The highest BCUT2D eigenvalue weighted by atomic mass is 16.5. The van der Waals surface area contributed by atoms with E-state index in [9.17, 15) is 4.79 Å². The summed E-state index contributed by atoms with van der Waals surface area (Å²) in [6, 6.07) is 5.68. The van der Waals surface area contributed by atoms with Crippen LogP contribution in [0.2, 0.25) is 0 Å². The summed E-state index contributed by atoms with van der Waals surface area (Å²) in [6.07, 6.45) is 7.74. The van der Waals surface area contributed by atoms with Gasteiger partial charge in [-0.2, -0.15) is 0 Å². The van der Waals surface area contributed by atoms with Gasteiger partial charge in [-0.3, -0.25) is 4.79 Å². The Morgan fingerprint density at radius 3 is 2.85 bits per heavy atom. The molecular weight excluding hydrogens is 330 g/mol. The number of hydrogen-bond acceptors (Lipinski definition) is 4. The first-order chi connectivity index (χ1) is 12.7. The number of carbonyl (C=O) groups is 1. The van der Waals surface area contributed by atoms with Gasteiger partial charge in [-0.25, -0.2) is 4.98 Å². The van der Waals surface area contributed by atoms with Crippen molar-refractivity contribution in [3.63, 3.8) is 0 Å². The van der Waals surface area contributed by atoms with Crippen molar-refractivity contribution in [3.05, 3.63) is 30.1 Å². The molecule has 0 bridgehead atoms. The van der Waals surface area contributed by atoms with E-state index in [0.29, 0.717) is 24.6 Å². The Balaban J connectivity index is 1.54. The zero-order valence-electron chi connectivity index (χ0n) is 15.1. The first kappa shape index (κ1) is 17.5. The Morgan fingerprint density at radius 1 is 1.27 bits per heavy atom. The molecule has 1 saturated carbocycles. The average molecular weight is 357 g/mol. The lowest BCUT2D eigenvalue weighted by molar-refractivity contribution is 0.0448. The predicted octanol–water partition coefficient (Wildman–Crippen LogP) is 2.45. The molecule has 0 unspecified atom stereocenters. The summed E-state index contributed by atoms with van der Waals surface area (Å²) in [5.41, 5.74) is 2.43. The molecule has 2 fully saturated rings. The molecule has 1 N–H and O–H groups in total. The quantitative estimate of drug-likeness (QED) is 0.826. The van der Waals surface area contributed by atoms with Crippen molar-refractivity contribution < 1.29 is 14.6 Å². The van der Waals surface area contributed by atoms with E-state index < -0.39 is 0 Å². The zero-order valence-corrected chi connectivity index (χ0v) is 15.1. The molecule has 6 heteroatoms. The number of ether oxygens (including phenoxy) is 1. The molecule has 2 aromatic rings. The van der Waals surface area contributed by atoms with Gasteiger partial charge in [0.15, 0.2) is 0 Å². The van der Waals surface area contributed by atoms with Gasteiger partial charge in [0.25, 0.3) is 5.91 Å². The van der Waals surface area contributed by atoms with Gasteiger partial charge in [-0.1, -0.05) is 6.42 Å². The molecule has 0 spiro atoms. The van der Waals surface area contributed by atoms with Gasteiger partial charge in [0.2, 0.25) is 0 Å². The minimum atomic E-state index is 0.0721. The van der Waals surface area contributed by atoms with Gasteiger partial charge in [-0.05, 0) is 49.8 Å². The maximum absolute atomic E-state index is 13.2. The fourth-order valence-electron chi connectivity index (χ4n) is 3.93. The van der Waals surface area contributed by atoms with E-state index >= 15 is 0 Å². The molecule has 26 heavy (non-hydrogen) atoms. The van der Waals surface area contributed by atoms with Crippen LogP contribution in [-0.2, 0) is 11.3 Å². The van der Waals surface area contributed by atoms with Crippen LogP contribution in [0.5, 0.6) is 0 Å². The summed E-state index contributed by atoms with van der Waals surface area (Å²) in [6.45, 7) is 2.91. The molecule has 140 valence electrons. The lowest BCUT2D eigenvalue weighted by Gasteiger charge is -2.33. The summed E-state index contributed by atoms with van der Waals surface area (Å²) in [7, 11) is 0. The number of aromatic nitrogens is 2. The van der Waals surface area contributed by atoms with Gasteiger partial charge in [0.1, 0.15) is 0 Å². The summed E-state index contributed by atoms with van der Waals surface area (Å²) >= 11 is 0. The third-order valence-electron chi connectivity index (χ3n) is 5.65. The molecule has 1 saturated heterocycles. The SMILES string of the molecule is O=C(c1ccc2c(c1)ncn2CCO)N(CC1CCC1)C[C@H]1CCCO1. The van der Waals surface area contributed by atoms with Crippen LogP contribution in [0.15, 0.2) is 24.5 Å². The van der Waals surface area contributed by atoms with Crippen LogP contribution in [-0.4, -0.2) is 57.9 Å². The lowest BCUT2D eigenvalue weighted by atomic mass is 9.85. The van der Waals surface area contributed by atoms with E-state index in [-0.39, 0.29) is 18.6 Å². The normalized spacial score (nSPS) is 20.4. The van der Waals surface area contributed by atoms with Crippen LogP contribution in [0.4, 0.5) is 0 Å². The largest absolute Gasteiger partial charge is 0.395 e. The van der Waals surface area contributed by atoms with Crippen LogP contribution >= 0.6 is 0 Å². The molecule has 1 aliphatic heterocycles. The monoisotopic (exact) mass is 357 g/mol. The Kier molecular flexibility index (Phi) is 5.22. The molecule has 0 radical (unpaired) electrons.